The molecule has 2 aromatic carbocycles. The second-order valence-corrected chi connectivity index (χ2v) is 5.11. The first-order chi connectivity index (χ1) is 11.2. The molecule has 23 heavy (non-hydrogen) atoms. The lowest BCUT2D eigenvalue weighted by atomic mass is 10.1. The van der Waals surface area contributed by atoms with Gasteiger partial charge in [-0.15, -0.1) is 0 Å². The topological polar surface area (TPSA) is 66.7 Å². The molecule has 0 fully saturated rings. The summed E-state index contributed by atoms with van der Waals surface area (Å²) in [6.07, 6.45) is 1.53. The van der Waals surface area contributed by atoms with Crippen LogP contribution >= 0.6 is 0 Å². The van der Waals surface area contributed by atoms with E-state index in [2.05, 4.69) is 15.5 Å². The molecule has 0 atom stereocenters. The monoisotopic (exact) mass is 307 g/mol. The smallest absolute Gasteiger partial charge is 0.166 e. The molecule has 0 aliphatic carbocycles. The summed E-state index contributed by atoms with van der Waals surface area (Å²) in [6.45, 7) is 2.03. The summed E-state index contributed by atoms with van der Waals surface area (Å²) >= 11 is 0. The quantitative estimate of drug-likeness (QED) is 0.569. The van der Waals surface area contributed by atoms with Crippen LogP contribution in [0.5, 0.6) is 11.5 Å². The Labute approximate surface area is 134 Å². The first kappa shape index (κ1) is 14.8. The first-order valence-electron chi connectivity index (χ1n) is 7.20. The van der Waals surface area contributed by atoms with Crippen molar-refractivity contribution in [1.29, 1.82) is 0 Å². The number of nitrogens with one attached hydrogen (secondary N) is 1. The summed E-state index contributed by atoms with van der Waals surface area (Å²) in [5.41, 5.74) is 5.50. The van der Waals surface area contributed by atoms with E-state index in [1.54, 1.807) is 18.2 Å². The van der Waals surface area contributed by atoms with Gasteiger partial charge in [0.1, 0.15) is 5.82 Å². The van der Waals surface area contributed by atoms with Crippen molar-refractivity contribution in [3.8, 4) is 11.5 Å². The van der Waals surface area contributed by atoms with Gasteiger partial charge in [0.15, 0.2) is 11.5 Å². The summed E-state index contributed by atoms with van der Waals surface area (Å²) in [6, 6.07) is 15.1. The van der Waals surface area contributed by atoms with Crippen LogP contribution in [-0.4, -0.2) is 23.4 Å². The molecule has 5 heteroatoms. The van der Waals surface area contributed by atoms with Crippen molar-refractivity contribution in [2.45, 2.75) is 6.92 Å². The largest absolute Gasteiger partial charge is 0.504 e. The molecule has 0 aliphatic heterocycles. The minimum atomic E-state index is 0.0585. The van der Waals surface area contributed by atoms with E-state index in [-0.39, 0.29) is 5.75 Å². The lowest BCUT2D eigenvalue weighted by Crippen LogP contribution is -1.96. The third-order valence-electron chi connectivity index (χ3n) is 3.56. The Morgan fingerprint density at radius 2 is 2.00 bits per heavy atom. The maximum Gasteiger partial charge on any atom is 0.166 e. The minimum Gasteiger partial charge on any atom is -0.504 e. The summed E-state index contributed by atoms with van der Waals surface area (Å²) in [7, 11) is 1.51. The summed E-state index contributed by atoms with van der Waals surface area (Å²) in [5, 5.41) is 15.3. The van der Waals surface area contributed by atoms with Crippen molar-refractivity contribution in [1.82, 2.24) is 4.98 Å². The van der Waals surface area contributed by atoms with Crippen molar-refractivity contribution in [2.75, 3.05) is 12.5 Å². The van der Waals surface area contributed by atoms with Crippen LogP contribution in [0.2, 0.25) is 0 Å². The van der Waals surface area contributed by atoms with Crippen molar-refractivity contribution in [3.63, 3.8) is 0 Å². The Kier molecular flexibility index (Phi) is 4.10. The van der Waals surface area contributed by atoms with Gasteiger partial charge in [-0.05, 0) is 36.8 Å². The molecule has 1 aromatic heterocycles. The standard InChI is InChI=1S/C18H17N3O2/c1-12-10-17(20-15-8-4-3-7-14(12)15)21-19-11-13-6-5-9-16(23-2)18(13)22/h3-11,22H,1-2H3,(H,20,21)/b19-11+. The molecular weight excluding hydrogens is 290 g/mol. The van der Waals surface area contributed by atoms with Crippen molar-refractivity contribution < 1.29 is 9.84 Å². The highest BCUT2D eigenvalue weighted by atomic mass is 16.5. The van der Waals surface area contributed by atoms with Gasteiger partial charge in [0, 0.05) is 10.9 Å². The highest BCUT2D eigenvalue weighted by Gasteiger charge is 2.05. The number of hydrogen-bond donors (Lipinski definition) is 2. The third-order valence-corrected chi connectivity index (χ3v) is 3.56. The number of hydrazone groups is 1. The van der Waals surface area contributed by atoms with Crippen LogP contribution in [0.1, 0.15) is 11.1 Å². The second-order valence-electron chi connectivity index (χ2n) is 5.11. The van der Waals surface area contributed by atoms with Crippen molar-refractivity contribution >= 4 is 22.9 Å². The maximum atomic E-state index is 10.0. The van der Waals surface area contributed by atoms with E-state index >= 15 is 0 Å². The number of phenols is 1. The van der Waals surface area contributed by atoms with Gasteiger partial charge in [0.2, 0.25) is 0 Å². The summed E-state index contributed by atoms with van der Waals surface area (Å²) in [4.78, 5) is 4.51. The van der Waals surface area contributed by atoms with E-state index in [4.69, 9.17) is 4.74 Å². The van der Waals surface area contributed by atoms with E-state index in [1.165, 1.54) is 13.3 Å². The lowest BCUT2D eigenvalue weighted by Gasteiger charge is -2.06. The molecule has 0 radical (unpaired) electrons. The molecule has 3 aromatic rings. The predicted molar refractivity (Wildman–Crippen MR) is 92.4 cm³/mol. The van der Waals surface area contributed by atoms with Gasteiger partial charge in [-0.1, -0.05) is 24.3 Å². The number of aromatic hydroxyl groups is 1. The van der Waals surface area contributed by atoms with Crippen LogP contribution in [0.25, 0.3) is 10.9 Å². The first-order valence-corrected chi connectivity index (χ1v) is 7.20. The van der Waals surface area contributed by atoms with E-state index in [9.17, 15) is 5.11 Å². The lowest BCUT2D eigenvalue weighted by molar-refractivity contribution is 0.373. The fourth-order valence-corrected chi connectivity index (χ4v) is 2.38. The number of fused-ring (bicyclic) bond motifs is 1. The molecule has 0 aliphatic rings. The number of benzene rings is 2. The van der Waals surface area contributed by atoms with Gasteiger partial charge in [0.25, 0.3) is 0 Å². The third kappa shape index (κ3) is 3.08. The zero-order valence-corrected chi connectivity index (χ0v) is 12.9. The molecule has 5 nitrogen and oxygen atoms in total. The van der Waals surface area contributed by atoms with Crippen LogP contribution < -0.4 is 10.2 Å². The Hall–Kier alpha value is -3.08. The number of aromatic nitrogens is 1. The molecule has 0 bridgehead atoms. The molecule has 3 rings (SSSR count). The normalized spacial score (nSPS) is 11.0. The molecule has 0 amide bonds. The average molecular weight is 307 g/mol. The number of phenolic OH excluding ortho intramolecular Hbond substituents is 1. The number of pyridine rings is 1. The minimum absolute atomic E-state index is 0.0585. The van der Waals surface area contributed by atoms with Crippen molar-refractivity contribution in [2.24, 2.45) is 5.10 Å². The number of anilines is 1. The summed E-state index contributed by atoms with van der Waals surface area (Å²) in [5.74, 6) is 1.12. The Balaban J connectivity index is 1.83. The number of para-hydroxylation sites is 2. The van der Waals surface area contributed by atoms with Gasteiger partial charge in [0.05, 0.1) is 18.8 Å². The van der Waals surface area contributed by atoms with Gasteiger partial charge in [-0.3, -0.25) is 5.43 Å². The molecule has 116 valence electrons. The molecule has 0 saturated carbocycles. The number of aryl methyl sites for hydroxylation is 1. The Morgan fingerprint density at radius 3 is 2.83 bits per heavy atom. The van der Waals surface area contributed by atoms with Crippen molar-refractivity contribution in [3.05, 3.63) is 59.7 Å². The number of hydrogen-bond acceptors (Lipinski definition) is 5. The molecule has 1 heterocycles. The Bertz CT molecular complexity index is 875. The highest BCUT2D eigenvalue weighted by Crippen LogP contribution is 2.28. The van der Waals surface area contributed by atoms with Crippen LogP contribution in [0.3, 0.4) is 0 Å². The maximum absolute atomic E-state index is 10.0. The molecule has 2 N–H and O–H groups in total. The zero-order chi connectivity index (χ0) is 16.2. The Morgan fingerprint density at radius 1 is 1.17 bits per heavy atom. The second kappa shape index (κ2) is 6.36. The van der Waals surface area contributed by atoms with Crippen LogP contribution in [0.4, 0.5) is 5.82 Å². The highest BCUT2D eigenvalue weighted by molar-refractivity contribution is 5.86. The van der Waals surface area contributed by atoms with Gasteiger partial charge in [-0.2, -0.15) is 5.10 Å². The molecule has 0 spiro atoms. The van der Waals surface area contributed by atoms with Gasteiger partial charge in [-0.25, -0.2) is 4.98 Å². The zero-order valence-electron chi connectivity index (χ0n) is 12.9. The fourth-order valence-electron chi connectivity index (χ4n) is 2.38. The number of methoxy groups -OCH3 is 1. The molecular formula is C18H17N3O2. The van der Waals surface area contributed by atoms with E-state index in [1.807, 2.05) is 37.3 Å². The number of ether oxygens (including phenoxy) is 1. The average Bonchev–Trinajstić information content (AvgIpc) is 2.56. The number of rotatable bonds is 4. The van der Waals surface area contributed by atoms with Crippen LogP contribution in [-0.2, 0) is 0 Å². The van der Waals surface area contributed by atoms with Gasteiger partial charge >= 0.3 is 0 Å². The summed E-state index contributed by atoms with van der Waals surface area (Å²) < 4.78 is 5.07. The number of nitrogens with zero attached hydrogens (tertiary/aromatic N) is 2. The van der Waals surface area contributed by atoms with E-state index < -0.39 is 0 Å². The molecule has 0 unspecified atom stereocenters. The van der Waals surface area contributed by atoms with E-state index in [0.717, 1.165) is 16.5 Å². The SMILES string of the molecule is COc1cccc(/C=N/Nc2cc(C)c3ccccc3n2)c1O. The predicted octanol–water partition coefficient (Wildman–Crippen LogP) is 3.70. The van der Waals surface area contributed by atoms with Crippen LogP contribution in [0, 0.1) is 6.92 Å². The molecule has 0 saturated heterocycles. The van der Waals surface area contributed by atoms with E-state index in [0.29, 0.717) is 17.1 Å². The van der Waals surface area contributed by atoms with Gasteiger partial charge < -0.3 is 9.84 Å². The van der Waals surface area contributed by atoms with Crippen LogP contribution in [0.15, 0.2) is 53.6 Å². The fraction of sp³-hybridized carbons (Fsp3) is 0.111.